The van der Waals surface area contributed by atoms with E-state index in [2.05, 4.69) is 31.3 Å². The summed E-state index contributed by atoms with van der Waals surface area (Å²) in [5.41, 5.74) is 1.57. The number of para-hydroxylation sites is 1. The third kappa shape index (κ3) is 6.36. The second kappa shape index (κ2) is 12.0. The van der Waals surface area contributed by atoms with E-state index in [4.69, 9.17) is 21.1 Å². The molecule has 10 heteroatoms. The maximum Gasteiger partial charge on any atom is 0.282 e. The smallest absolute Gasteiger partial charge is 0.282 e. The van der Waals surface area contributed by atoms with Crippen LogP contribution in [-0.4, -0.2) is 35.0 Å². The van der Waals surface area contributed by atoms with Crippen LogP contribution in [0, 0.1) is 0 Å². The van der Waals surface area contributed by atoms with E-state index in [0.717, 1.165) is 4.47 Å². The molecule has 0 fully saturated rings. The van der Waals surface area contributed by atoms with E-state index >= 15 is 0 Å². The van der Waals surface area contributed by atoms with Gasteiger partial charge in [-0.05, 0) is 55.0 Å². The molecule has 0 saturated carbocycles. The number of hydrogen-bond acceptors (Lipinski definition) is 6. The van der Waals surface area contributed by atoms with Crippen LogP contribution in [0.2, 0.25) is 5.02 Å². The Kier molecular flexibility index (Phi) is 8.58. The molecule has 0 aliphatic rings. The number of carbonyl (C=O) groups is 1. The molecular weight excluding hydrogens is 560 g/mol. The normalized spacial score (nSPS) is 11.1. The lowest BCUT2D eigenvalue weighted by molar-refractivity contribution is -0.118. The SMILES string of the molecule is CCOc1cc(C=Nn2c(CC)nc3ccc(Br)cc3c2=O)cc(Cl)c1OCC(=O)Nc1ccccc1. The van der Waals surface area contributed by atoms with Gasteiger partial charge in [-0.15, -0.1) is 0 Å². The molecule has 1 heterocycles. The van der Waals surface area contributed by atoms with Crippen molar-refractivity contribution in [3.63, 3.8) is 0 Å². The Balaban J connectivity index is 1.60. The van der Waals surface area contributed by atoms with E-state index in [9.17, 15) is 9.59 Å². The van der Waals surface area contributed by atoms with Crippen LogP contribution in [0.3, 0.4) is 0 Å². The molecule has 0 atom stereocenters. The Hall–Kier alpha value is -3.69. The van der Waals surface area contributed by atoms with Gasteiger partial charge in [-0.1, -0.05) is 52.7 Å². The van der Waals surface area contributed by atoms with Crippen LogP contribution in [0.5, 0.6) is 11.5 Å². The van der Waals surface area contributed by atoms with Crippen LogP contribution in [0.15, 0.2) is 75.0 Å². The molecule has 8 nitrogen and oxygen atoms in total. The van der Waals surface area contributed by atoms with Gasteiger partial charge in [-0.3, -0.25) is 9.59 Å². The summed E-state index contributed by atoms with van der Waals surface area (Å²) in [6.45, 7) is 3.83. The first kappa shape index (κ1) is 26.4. The highest BCUT2D eigenvalue weighted by Crippen LogP contribution is 2.36. The lowest BCUT2D eigenvalue weighted by atomic mass is 10.2. The molecule has 0 radical (unpaired) electrons. The molecule has 1 aromatic heterocycles. The monoisotopic (exact) mass is 582 g/mol. The Morgan fingerprint density at radius 1 is 1.14 bits per heavy atom. The van der Waals surface area contributed by atoms with E-state index in [1.165, 1.54) is 10.9 Å². The lowest BCUT2D eigenvalue weighted by Gasteiger charge is -2.14. The molecule has 190 valence electrons. The summed E-state index contributed by atoms with van der Waals surface area (Å²) < 4.78 is 13.5. The van der Waals surface area contributed by atoms with Crippen molar-refractivity contribution in [2.75, 3.05) is 18.5 Å². The number of anilines is 1. The van der Waals surface area contributed by atoms with Crippen LogP contribution in [0.4, 0.5) is 5.69 Å². The molecule has 4 aromatic rings. The van der Waals surface area contributed by atoms with Gasteiger partial charge in [-0.25, -0.2) is 4.98 Å². The van der Waals surface area contributed by atoms with Crippen LogP contribution in [0.25, 0.3) is 10.9 Å². The van der Waals surface area contributed by atoms with Crippen LogP contribution >= 0.6 is 27.5 Å². The van der Waals surface area contributed by atoms with Crippen molar-refractivity contribution < 1.29 is 14.3 Å². The number of carbonyl (C=O) groups excluding carboxylic acids is 1. The van der Waals surface area contributed by atoms with Gasteiger partial charge >= 0.3 is 0 Å². The zero-order chi connectivity index (χ0) is 26.4. The van der Waals surface area contributed by atoms with Gasteiger partial charge in [0.1, 0.15) is 5.82 Å². The van der Waals surface area contributed by atoms with Gasteiger partial charge in [0.25, 0.3) is 11.5 Å². The molecule has 0 aliphatic carbocycles. The maximum atomic E-state index is 13.1. The number of halogens is 2. The fraction of sp³-hybridized carbons (Fsp3) is 0.185. The first-order valence-corrected chi connectivity index (χ1v) is 12.8. The molecule has 0 aliphatic heterocycles. The third-order valence-electron chi connectivity index (χ3n) is 5.25. The minimum Gasteiger partial charge on any atom is -0.490 e. The minimum atomic E-state index is -0.336. The Morgan fingerprint density at radius 2 is 1.92 bits per heavy atom. The summed E-state index contributed by atoms with van der Waals surface area (Å²) in [5.74, 6) is 0.786. The predicted octanol–water partition coefficient (Wildman–Crippen LogP) is 5.67. The Labute approximate surface area is 227 Å². The molecular formula is C27H24BrClN4O4. The molecule has 37 heavy (non-hydrogen) atoms. The molecule has 0 bridgehead atoms. The number of rotatable bonds is 9. The van der Waals surface area contributed by atoms with Gasteiger partial charge in [0.05, 0.1) is 28.7 Å². The van der Waals surface area contributed by atoms with Gasteiger partial charge in [0.15, 0.2) is 18.1 Å². The van der Waals surface area contributed by atoms with E-state index in [1.807, 2.05) is 38.1 Å². The van der Waals surface area contributed by atoms with Crippen molar-refractivity contribution in [1.29, 1.82) is 0 Å². The number of aryl methyl sites for hydroxylation is 1. The summed E-state index contributed by atoms with van der Waals surface area (Å²) in [5, 5.41) is 7.85. The van der Waals surface area contributed by atoms with Crippen molar-refractivity contribution >= 4 is 56.2 Å². The average Bonchev–Trinajstić information content (AvgIpc) is 2.88. The van der Waals surface area contributed by atoms with Crippen molar-refractivity contribution in [1.82, 2.24) is 9.66 Å². The second-order valence-corrected chi connectivity index (χ2v) is 9.19. The van der Waals surface area contributed by atoms with Crippen molar-refractivity contribution in [2.24, 2.45) is 5.10 Å². The molecule has 1 amide bonds. The van der Waals surface area contributed by atoms with Gasteiger partial charge in [0, 0.05) is 16.6 Å². The molecule has 0 saturated heterocycles. The summed E-state index contributed by atoms with van der Waals surface area (Å²) in [4.78, 5) is 30.0. The first-order chi connectivity index (χ1) is 17.9. The fourth-order valence-corrected chi connectivity index (χ4v) is 4.22. The van der Waals surface area contributed by atoms with Gasteiger partial charge < -0.3 is 14.8 Å². The number of aromatic nitrogens is 2. The van der Waals surface area contributed by atoms with E-state index in [1.54, 1.807) is 36.4 Å². The number of ether oxygens (including phenoxy) is 2. The van der Waals surface area contributed by atoms with Crippen LogP contribution in [0.1, 0.15) is 25.2 Å². The zero-order valence-corrected chi connectivity index (χ0v) is 22.5. The zero-order valence-electron chi connectivity index (χ0n) is 20.2. The molecule has 4 rings (SSSR count). The first-order valence-electron chi connectivity index (χ1n) is 11.6. The van der Waals surface area contributed by atoms with Crippen LogP contribution in [-0.2, 0) is 11.2 Å². The Morgan fingerprint density at radius 3 is 2.65 bits per heavy atom. The number of benzene rings is 3. The quantitative estimate of drug-likeness (QED) is 0.256. The lowest BCUT2D eigenvalue weighted by Crippen LogP contribution is -2.22. The Bertz CT molecular complexity index is 1520. The van der Waals surface area contributed by atoms with Crippen LogP contribution < -0.4 is 20.3 Å². The highest BCUT2D eigenvalue weighted by atomic mass is 79.9. The third-order valence-corrected chi connectivity index (χ3v) is 6.02. The average molecular weight is 584 g/mol. The number of nitrogens with one attached hydrogen (secondary N) is 1. The number of fused-ring (bicyclic) bond motifs is 1. The molecule has 1 N–H and O–H groups in total. The number of nitrogens with zero attached hydrogens (tertiary/aromatic N) is 3. The minimum absolute atomic E-state index is 0.239. The van der Waals surface area contributed by atoms with Crippen molar-refractivity contribution in [2.45, 2.75) is 20.3 Å². The summed E-state index contributed by atoms with van der Waals surface area (Å²) in [7, 11) is 0. The van der Waals surface area contributed by atoms with E-state index < -0.39 is 0 Å². The maximum absolute atomic E-state index is 13.1. The topological polar surface area (TPSA) is 94.8 Å². The van der Waals surface area contributed by atoms with E-state index in [0.29, 0.717) is 46.8 Å². The highest BCUT2D eigenvalue weighted by molar-refractivity contribution is 9.10. The van der Waals surface area contributed by atoms with Crippen molar-refractivity contribution in [3.8, 4) is 11.5 Å². The second-order valence-electron chi connectivity index (χ2n) is 7.87. The van der Waals surface area contributed by atoms with E-state index in [-0.39, 0.29) is 28.8 Å². The molecule has 0 spiro atoms. The largest absolute Gasteiger partial charge is 0.490 e. The fourth-order valence-electron chi connectivity index (χ4n) is 3.59. The number of amides is 1. The molecule has 0 unspecified atom stereocenters. The summed E-state index contributed by atoms with van der Waals surface area (Å²) in [6.07, 6.45) is 2.02. The number of hydrogen-bond donors (Lipinski definition) is 1. The van der Waals surface area contributed by atoms with Gasteiger partial charge in [-0.2, -0.15) is 9.78 Å². The van der Waals surface area contributed by atoms with Gasteiger partial charge in [0.2, 0.25) is 0 Å². The van der Waals surface area contributed by atoms with Crippen molar-refractivity contribution in [3.05, 3.63) is 91.9 Å². The highest BCUT2D eigenvalue weighted by Gasteiger charge is 2.15. The predicted molar refractivity (Wildman–Crippen MR) is 149 cm³/mol. The standard InChI is InChI=1S/C27H24BrClN4O4/c1-3-24-32-22-11-10-18(28)14-20(22)27(35)33(24)30-15-17-12-21(29)26(23(13-17)36-4-2)37-16-25(34)31-19-8-6-5-7-9-19/h5-15H,3-4,16H2,1-2H3,(H,31,34). The molecule has 3 aromatic carbocycles. The summed E-state index contributed by atoms with van der Waals surface area (Å²) in [6, 6.07) is 17.7. The summed E-state index contributed by atoms with van der Waals surface area (Å²) >= 11 is 9.89.